The summed E-state index contributed by atoms with van der Waals surface area (Å²) in [5.74, 6) is 1.19. The summed E-state index contributed by atoms with van der Waals surface area (Å²) < 4.78 is 3.91. The Balaban J connectivity index is 1.19. The highest BCUT2D eigenvalue weighted by atomic mass is 16.2. The third-order valence-corrected chi connectivity index (χ3v) is 6.26. The molecule has 7 nitrogen and oxygen atoms in total. The van der Waals surface area contributed by atoms with Crippen molar-refractivity contribution in [3.8, 4) is 5.69 Å². The molecule has 7 heteroatoms. The number of aromatic nitrogens is 4. The molecule has 1 saturated heterocycles. The second kappa shape index (κ2) is 8.07. The highest BCUT2D eigenvalue weighted by Gasteiger charge is 2.31. The molecule has 0 unspecified atom stereocenters. The van der Waals surface area contributed by atoms with E-state index in [9.17, 15) is 4.79 Å². The van der Waals surface area contributed by atoms with Gasteiger partial charge in [-0.15, -0.1) is 0 Å². The topological polar surface area (TPSA) is 68.0 Å². The zero-order valence-corrected chi connectivity index (χ0v) is 17.4. The molecule has 1 amide bonds. The lowest BCUT2D eigenvalue weighted by atomic mass is 10.0. The van der Waals surface area contributed by atoms with Crippen LogP contribution in [0.5, 0.6) is 0 Å². The maximum absolute atomic E-state index is 12.1. The summed E-state index contributed by atoms with van der Waals surface area (Å²) in [6.45, 7) is 5.19. The molecule has 1 aliphatic heterocycles. The van der Waals surface area contributed by atoms with Crippen LogP contribution >= 0.6 is 0 Å². The van der Waals surface area contributed by atoms with Crippen molar-refractivity contribution in [3.63, 3.8) is 0 Å². The quantitative estimate of drug-likeness (QED) is 0.682. The van der Waals surface area contributed by atoms with Crippen LogP contribution in [-0.4, -0.2) is 43.5 Å². The number of aryl methyl sites for hydroxylation is 1. The molecule has 5 rings (SSSR count). The second-order valence-electron chi connectivity index (χ2n) is 8.49. The molecule has 30 heavy (non-hydrogen) atoms. The van der Waals surface area contributed by atoms with Crippen molar-refractivity contribution >= 4 is 11.7 Å². The fourth-order valence-corrected chi connectivity index (χ4v) is 4.26. The van der Waals surface area contributed by atoms with Gasteiger partial charge in [-0.3, -0.25) is 9.69 Å². The van der Waals surface area contributed by atoms with E-state index in [2.05, 4.69) is 45.5 Å². The number of carbonyl (C=O) groups is 1. The monoisotopic (exact) mass is 404 g/mol. The predicted molar refractivity (Wildman–Crippen MR) is 115 cm³/mol. The lowest BCUT2D eigenvalue weighted by Gasteiger charge is -2.33. The molecule has 1 N–H and O–H groups in total. The summed E-state index contributed by atoms with van der Waals surface area (Å²) in [6.07, 6.45) is 9.67. The van der Waals surface area contributed by atoms with E-state index in [-0.39, 0.29) is 11.8 Å². The third kappa shape index (κ3) is 4.03. The molecular weight excluding hydrogens is 376 g/mol. The first-order valence-electron chi connectivity index (χ1n) is 10.8. The molecule has 0 spiro atoms. The number of amides is 1. The van der Waals surface area contributed by atoms with E-state index in [1.165, 1.54) is 11.1 Å². The first kappa shape index (κ1) is 19.1. The van der Waals surface area contributed by atoms with Gasteiger partial charge < -0.3 is 5.32 Å². The van der Waals surface area contributed by atoms with Gasteiger partial charge >= 0.3 is 0 Å². The lowest BCUT2D eigenvalue weighted by molar-refractivity contribution is -0.117. The van der Waals surface area contributed by atoms with Crippen LogP contribution in [0.2, 0.25) is 0 Å². The van der Waals surface area contributed by atoms with Gasteiger partial charge in [-0.1, -0.05) is 6.07 Å². The number of hydrogen-bond acceptors (Lipinski definition) is 4. The van der Waals surface area contributed by atoms with Crippen LogP contribution in [0.15, 0.2) is 48.9 Å². The maximum Gasteiger partial charge on any atom is 0.228 e. The Bertz CT molecular complexity index is 1010. The van der Waals surface area contributed by atoms with E-state index < -0.39 is 0 Å². The highest BCUT2D eigenvalue weighted by molar-refractivity contribution is 5.93. The minimum atomic E-state index is 0.142. The van der Waals surface area contributed by atoms with Crippen molar-refractivity contribution in [3.05, 3.63) is 60.0 Å². The van der Waals surface area contributed by atoms with Crippen LogP contribution in [0, 0.1) is 12.8 Å². The van der Waals surface area contributed by atoms with Gasteiger partial charge in [-0.05, 0) is 61.9 Å². The minimum absolute atomic E-state index is 0.142. The number of nitrogens with zero attached hydrogens (tertiary/aromatic N) is 5. The van der Waals surface area contributed by atoms with Gasteiger partial charge in [-0.25, -0.2) is 9.36 Å². The van der Waals surface area contributed by atoms with E-state index >= 15 is 0 Å². The van der Waals surface area contributed by atoms with Crippen molar-refractivity contribution in [2.75, 3.05) is 18.4 Å². The summed E-state index contributed by atoms with van der Waals surface area (Å²) in [4.78, 5) is 14.6. The Kier molecular flexibility index (Phi) is 5.12. The fourth-order valence-electron chi connectivity index (χ4n) is 4.26. The summed E-state index contributed by atoms with van der Waals surface area (Å²) in [6, 6.07) is 10.8. The molecule has 0 atom stereocenters. The molecule has 1 aromatic carbocycles. The summed E-state index contributed by atoms with van der Waals surface area (Å²) in [5, 5.41) is 11.9. The lowest BCUT2D eigenvalue weighted by Crippen LogP contribution is -2.35. The number of piperidine rings is 1. The van der Waals surface area contributed by atoms with Crippen molar-refractivity contribution in [2.24, 2.45) is 5.92 Å². The Morgan fingerprint density at radius 3 is 2.63 bits per heavy atom. The molecule has 1 aliphatic carbocycles. The first-order chi connectivity index (χ1) is 14.7. The molecule has 0 bridgehead atoms. The molecule has 0 radical (unpaired) electrons. The van der Waals surface area contributed by atoms with Crippen LogP contribution in [-0.2, 0) is 11.3 Å². The van der Waals surface area contributed by atoms with E-state index in [0.29, 0.717) is 6.04 Å². The van der Waals surface area contributed by atoms with Crippen LogP contribution in [0.3, 0.4) is 0 Å². The Morgan fingerprint density at radius 2 is 1.93 bits per heavy atom. The highest BCUT2D eigenvalue weighted by Crippen LogP contribution is 2.31. The average molecular weight is 405 g/mol. The van der Waals surface area contributed by atoms with E-state index in [1.807, 2.05) is 27.7 Å². The predicted octanol–water partition coefficient (Wildman–Crippen LogP) is 3.56. The minimum Gasteiger partial charge on any atom is -0.311 e. The van der Waals surface area contributed by atoms with Crippen molar-refractivity contribution in [1.29, 1.82) is 0 Å². The van der Waals surface area contributed by atoms with Gasteiger partial charge in [0.15, 0.2) is 0 Å². The Hall–Kier alpha value is -2.93. The van der Waals surface area contributed by atoms with Gasteiger partial charge in [-0.2, -0.15) is 10.2 Å². The van der Waals surface area contributed by atoms with E-state index in [1.54, 1.807) is 12.4 Å². The van der Waals surface area contributed by atoms with Crippen LogP contribution < -0.4 is 5.32 Å². The number of benzene rings is 1. The SMILES string of the molecule is Cc1cc(-n2cccn2)ccc1CN1CCC(n2nccc2NC(=O)C2CC2)CC1. The number of hydrogen-bond donors (Lipinski definition) is 1. The molecule has 1 saturated carbocycles. The molecule has 156 valence electrons. The van der Waals surface area contributed by atoms with Gasteiger partial charge in [0.25, 0.3) is 0 Å². The summed E-state index contributed by atoms with van der Waals surface area (Å²) in [7, 11) is 0. The van der Waals surface area contributed by atoms with Gasteiger partial charge in [0.05, 0.1) is 17.9 Å². The number of nitrogens with one attached hydrogen (secondary N) is 1. The summed E-state index contributed by atoms with van der Waals surface area (Å²) in [5.41, 5.74) is 3.75. The number of anilines is 1. The average Bonchev–Trinajstić information content (AvgIpc) is 3.27. The van der Waals surface area contributed by atoms with E-state index in [0.717, 1.165) is 56.8 Å². The Labute approximate surface area is 176 Å². The molecule has 2 aromatic heterocycles. The Morgan fingerprint density at radius 1 is 1.10 bits per heavy atom. The molecule has 2 fully saturated rings. The third-order valence-electron chi connectivity index (χ3n) is 6.26. The number of rotatable bonds is 6. The van der Waals surface area contributed by atoms with Crippen LogP contribution in [0.1, 0.15) is 42.9 Å². The second-order valence-corrected chi connectivity index (χ2v) is 8.49. The smallest absolute Gasteiger partial charge is 0.228 e. The fraction of sp³-hybridized carbons (Fsp3) is 0.435. The summed E-state index contributed by atoms with van der Waals surface area (Å²) >= 11 is 0. The van der Waals surface area contributed by atoms with Gasteiger partial charge in [0.1, 0.15) is 5.82 Å². The number of likely N-dealkylation sites (tertiary alicyclic amines) is 1. The van der Waals surface area contributed by atoms with Gasteiger partial charge in [0, 0.05) is 44.0 Å². The number of carbonyl (C=O) groups excluding carboxylic acids is 1. The van der Waals surface area contributed by atoms with E-state index in [4.69, 9.17) is 0 Å². The van der Waals surface area contributed by atoms with Crippen molar-refractivity contribution in [1.82, 2.24) is 24.5 Å². The van der Waals surface area contributed by atoms with Crippen molar-refractivity contribution < 1.29 is 4.79 Å². The molecule has 3 heterocycles. The zero-order valence-electron chi connectivity index (χ0n) is 17.4. The molecule has 2 aliphatic rings. The zero-order chi connectivity index (χ0) is 20.5. The normalized spacial score (nSPS) is 17.9. The standard InChI is InChI=1S/C23H28N6O/c1-17-15-21(28-12-2-10-24-28)6-5-19(17)16-27-13-8-20(9-14-27)29-22(7-11-25-29)26-23(30)18-3-4-18/h2,5-7,10-12,15,18,20H,3-4,8-9,13-14,16H2,1H3,(H,26,30). The molecule has 3 aromatic rings. The molecular formula is C23H28N6O. The van der Waals surface area contributed by atoms with Crippen molar-refractivity contribution in [2.45, 2.75) is 45.2 Å². The van der Waals surface area contributed by atoms with Gasteiger partial charge in [0.2, 0.25) is 5.91 Å². The maximum atomic E-state index is 12.1. The largest absolute Gasteiger partial charge is 0.311 e. The first-order valence-corrected chi connectivity index (χ1v) is 10.8. The van der Waals surface area contributed by atoms with Crippen LogP contribution in [0.4, 0.5) is 5.82 Å². The van der Waals surface area contributed by atoms with Crippen LogP contribution in [0.25, 0.3) is 5.69 Å².